The second-order valence-corrected chi connectivity index (χ2v) is 7.56. The monoisotopic (exact) mass is 304 g/mol. The maximum Gasteiger partial charge on any atom is 0.239 e. The molecule has 0 saturated heterocycles. The summed E-state index contributed by atoms with van der Waals surface area (Å²) in [5.74, 6) is -0.579. The van der Waals surface area contributed by atoms with E-state index in [1.54, 1.807) is 13.8 Å². The topological polar surface area (TPSA) is 58.2 Å². The molecule has 0 radical (unpaired) electrons. The molecular formula is C18H28N2O2. The van der Waals surface area contributed by atoms with Crippen molar-refractivity contribution >= 4 is 17.5 Å². The summed E-state index contributed by atoms with van der Waals surface area (Å²) in [7, 11) is 0. The molecule has 0 heterocycles. The van der Waals surface area contributed by atoms with Gasteiger partial charge < -0.3 is 10.6 Å². The van der Waals surface area contributed by atoms with E-state index in [1.165, 1.54) is 0 Å². The summed E-state index contributed by atoms with van der Waals surface area (Å²) >= 11 is 0. The lowest BCUT2D eigenvalue weighted by atomic mass is 9.89. The molecule has 4 heteroatoms. The highest BCUT2D eigenvalue weighted by molar-refractivity contribution is 6.10. The number of hydrogen-bond acceptors (Lipinski definition) is 2. The van der Waals surface area contributed by atoms with E-state index < -0.39 is 5.41 Å². The Bertz CT molecular complexity index is 573. The molecule has 0 fully saturated rings. The van der Waals surface area contributed by atoms with Crippen LogP contribution in [0.5, 0.6) is 0 Å². The van der Waals surface area contributed by atoms with Gasteiger partial charge in [-0.1, -0.05) is 17.7 Å². The summed E-state index contributed by atoms with van der Waals surface area (Å²) in [6, 6.07) is 4.04. The van der Waals surface area contributed by atoms with Gasteiger partial charge in [0.1, 0.15) is 5.41 Å². The summed E-state index contributed by atoms with van der Waals surface area (Å²) in [4.78, 5) is 24.9. The fraction of sp³-hybridized carbons (Fsp3) is 0.556. The fourth-order valence-electron chi connectivity index (χ4n) is 2.25. The average molecular weight is 304 g/mol. The van der Waals surface area contributed by atoms with E-state index in [0.29, 0.717) is 0 Å². The van der Waals surface area contributed by atoms with E-state index in [1.807, 2.05) is 53.7 Å². The van der Waals surface area contributed by atoms with Crippen LogP contribution >= 0.6 is 0 Å². The third kappa shape index (κ3) is 4.33. The Hall–Kier alpha value is -1.84. The second kappa shape index (κ2) is 6.11. The third-order valence-electron chi connectivity index (χ3n) is 3.54. The van der Waals surface area contributed by atoms with Gasteiger partial charge in [0.05, 0.1) is 0 Å². The van der Waals surface area contributed by atoms with Crippen molar-refractivity contribution in [1.29, 1.82) is 0 Å². The predicted octanol–water partition coefficient (Wildman–Crippen LogP) is 3.49. The van der Waals surface area contributed by atoms with Gasteiger partial charge in [-0.3, -0.25) is 9.59 Å². The van der Waals surface area contributed by atoms with Crippen molar-refractivity contribution in [3.63, 3.8) is 0 Å². The summed E-state index contributed by atoms with van der Waals surface area (Å²) in [5.41, 5.74) is 2.42. The molecule has 1 rings (SSSR count). The Labute approximate surface area is 133 Å². The summed E-state index contributed by atoms with van der Waals surface area (Å²) in [6.07, 6.45) is 0. The normalized spacial score (nSPS) is 12.0. The average Bonchev–Trinajstić information content (AvgIpc) is 2.30. The van der Waals surface area contributed by atoms with E-state index in [4.69, 9.17) is 0 Å². The van der Waals surface area contributed by atoms with Crippen LogP contribution in [0.1, 0.15) is 51.3 Å². The van der Waals surface area contributed by atoms with E-state index >= 15 is 0 Å². The van der Waals surface area contributed by atoms with Crippen LogP contribution in [0.3, 0.4) is 0 Å². The Morgan fingerprint density at radius 2 is 1.32 bits per heavy atom. The number of hydrogen-bond donors (Lipinski definition) is 2. The molecule has 0 aromatic heterocycles. The molecule has 0 aliphatic carbocycles. The largest absolute Gasteiger partial charge is 0.351 e. The van der Waals surface area contributed by atoms with Crippen molar-refractivity contribution in [2.24, 2.45) is 5.41 Å². The molecule has 0 aliphatic rings. The lowest BCUT2D eigenvalue weighted by molar-refractivity contribution is -0.139. The maximum atomic E-state index is 12.6. The minimum absolute atomic E-state index is 0.278. The Kier molecular flexibility index (Phi) is 5.06. The van der Waals surface area contributed by atoms with E-state index in [9.17, 15) is 9.59 Å². The highest BCUT2D eigenvalue weighted by atomic mass is 16.2. The van der Waals surface area contributed by atoms with E-state index in [2.05, 4.69) is 10.6 Å². The molecule has 22 heavy (non-hydrogen) atoms. The minimum Gasteiger partial charge on any atom is -0.351 e. The number of amides is 2. The number of aryl methyl sites for hydroxylation is 3. The summed E-state index contributed by atoms with van der Waals surface area (Å²) in [5, 5.41) is 5.78. The molecule has 0 saturated carbocycles. The van der Waals surface area contributed by atoms with Crippen LogP contribution in [0.2, 0.25) is 0 Å². The standard InChI is InChI=1S/C18H28N2O2/c1-11-9-12(2)14(13(3)10-11)19-15(21)18(7,8)16(22)20-17(4,5)6/h9-10H,1-8H3,(H,19,21)(H,20,22). The van der Waals surface area contributed by atoms with Crippen molar-refractivity contribution < 1.29 is 9.59 Å². The molecule has 2 amide bonds. The van der Waals surface area contributed by atoms with Crippen LogP contribution in [0.4, 0.5) is 5.69 Å². The maximum absolute atomic E-state index is 12.6. The van der Waals surface area contributed by atoms with Gasteiger partial charge in [0.2, 0.25) is 11.8 Å². The molecule has 0 atom stereocenters. The molecule has 0 spiro atoms. The summed E-state index contributed by atoms with van der Waals surface area (Å²) in [6.45, 7) is 14.9. The highest BCUT2D eigenvalue weighted by Crippen LogP contribution is 2.25. The van der Waals surface area contributed by atoms with Crippen molar-refractivity contribution in [3.05, 3.63) is 28.8 Å². The first kappa shape index (κ1) is 18.2. The number of rotatable bonds is 3. The van der Waals surface area contributed by atoms with E-state index in [0.717, 1.165) is 22.4 Å². The molecule has 1 aromatic rings. The first-order chi connectivity index (χ1) is 9.84. The van der Waals surface area contributed by atoms with Crippen LogP contribution in [0.25, 0.3) is 0 Å². The van der Waals surface area contributed by atoms with Crippen LogP contribution in [-0.2, 0) is 9.59 Å². The number of carbonyl (C=O) groups is 2. The number of carbonyl (C=O) groups excluding carboxylic acids is 2. The number of anilines is 1. The predicted molar refractivity (Wildman–Crippen MR) is 91.0 cm³/mol. The minimum atomic E-state index is -1.14. The van der Waals surface area contributed by atoms with Crippen molar-refractivity contribution in [2.75, 3.05) is 5.32 Å². The third-order valence-corrected chi connectivity index (χ3v) is 3.54. The zero-order valence-electron chi connectivity index (χ0n) is 15.0. The molecule has 4 nitrogen and oxygen atoms in total. The summed E-state index contributed by atoms with van der Waals surface area (Å²) < 4.78 is 0. The zero-order chi connectivity index (χ0) is 17.3. The number of benzene rings is 1. The SMILES string of the molecule is Cc1cc(C)c(NC(=O)C(C)(C)C(=O)NC(C)(C)C)c(C)c1. The Balaban J connectivity index is 2.99. The zero-order valence-corrected chi connectivity index (χ0v) is 15.0. The van der Waals surface area contributed by atoms with Crippen LogP contribution < -0.4 is 10.6 Å². The molecule has 122 valence electrons. The fourth-order valence-corrected chi connectivity index (χ4v) is 2.25. The van der Waals surface area contributed by atoms with Crippen molar-refractivity contribution in [3.8, 4) is 0 Å². The molecule has 0 bridgehead atoms. The highest BCUT2D eigenvalue weighted by Gasteiger charge is 2.38. The molecule has 2 N–H and O–H groups in total. The molecule has 1 aromatic carbocycles. The molecular weight excluding hydrogens is 276 g/mol. The van der Waals surface area contributed by atoms with Gasteiger partial charge in [0.15, 0.2) is 0 Å². The van der Waals surface area contributed by atoms with Crippen molar-refractivity contribution in [2.45, 2.75) is 60.9 Å². The Morgan fingerprint density at radius 3 is 1.73 bits per heavy atom. The van der Waals surface area contributed by atoms with Gasteiger partial charge in [0.25, 0.3) is 0 Å². The van der Waals surface area contributed by atoms with Gasteiger partial charge >= 0.3 is 0 Å². The second-order valence-electron chi connectivity index (χ2n) is 7.56. The van der Waals surface area contributed by atoms with Crippen LogP contribution in [0.15, 0.2) is 12.1 Å². The van der Waals surface area contributed by atoms with Crippen LogP contribution in [0, 0.1) is 26.2 Å². The van der Waals surface area contributed by atoms with Gasteiger partial charge in [-0.25, -0.2) is 0 Å². The van der Waals surface area contributed by atoms with Gasteiger partial charge in [-0.15, -0.1) is 0 Å². The first-order valence-corrected chi connectivity index (χ1v) is 7.56. The van der Waals surface area contributed by atoms with E-state index in [-0.39, 0.29) is 17.4 Å². The van der Waals surface area contributed by atoms with Crippen LogP contribution in [-0.4, -0.2) is 17.4 Å². The number of nitrogens with one attached hydrogen (secondary N) is 2. The molecule has 0 unspecified atom stereocenters. The van der Waals surface area contributed by atoms with Gasteiger partial charge in [-0.05, 0) is 66.5 Å². The van der Waals surface area contributed by atoms with Crippen molar-refractivity contribution in [1.82, 2.24) is 5.32 Å². The first-order valence-electron chi connectivity index (χ1n) is 7.56. The smallest absolute Gasteiger partial charge is 0.239 e. The molecule has 0 aliphatic heterocycles. The lowest BCUT2D eigenvalue weighted by Gasteiger charge is -2.29. The lowest BCUT2D eigenvalue weighted by Crippen LogP contribution is -2.51. The van der Waals surface area contributed by atoms with Gasteiger partial charge in [-0.2, -0.15) is 0 Å². The Morgan fingerprint density at radius 1 is 0.864 bits per heavy atom. The van der Waals surface area contributed by atoms with Gasteiger partial charge in [0, 0.05) is 11.2 Å². The quantitative estimate of drug-likeness (QED) is 0.840.